The average molecular weight is 223 g/mol. The molecule has 2 bridgehead atoms. The summed E-state index contributed by atoms with van der Waals surface area (Å²) in [5.41, 5.74) is 0. The molecule has 2 heteroatoms. The minimum atomic E-state index is -0.212. The molecule has 92 valence electrons. The largest absolute Gasteiger partial charge is 0.392 e. The highest BCUT2D eigenvalue weighted by Crippen LogP contribution is 2.43. The lowest BCUT2D eigenvalue weighted by molar-refractivity contribution is 0.0913. The molecule has 0 aromatic rings. The van der Waals surface area contributed by atoms with Crippen molar-refractivity contribution in [1.29, 1.82) is 0 Å². The zero-order chi connectivity index (χ0) is 11.7. The van der Waals surface area contributed by atoms with Crippen LogP contribution in [0.15, 0.2) is 12.2 Å². The third-order valence-corrected chi connectivity index (χ3v) is 4.11. The number of aliphatic hydroxyl groups is 1. The lowest BCUT2D eigenvalue weighted by Gasteiger charge is -2.32. The van der Waals surface area contributed by atoms with Crippen molar-refractivity contribution in [2.45, 2.75) is 45.8 Å². The van der Waals surface area contributed by atoms with Gasteiger partial charge in [-0.2, -0.15) is 0 Å². The molecule has 1 N–H and O–H groups in total. The van der Waals surface area contributed by atoms with E-state index in [0.717, 1.165) is 30.8 Å². The quantitative estimate of drug-likeness (QED) is 0.723. The van der Waals surface area contributed by atoms with Crippen LogP contribution in [0.1, 0.15) is 33.6 Å². The number of rotatable bonds is 5. The van der Waals surface area contributed by atoms with Crippen molar-refractivity contribution in [3.63, 3.8) is 0 Å². The lowest BCUT2D eigenvalue weighted by atomic mass is 9.92. The molecule has 1 fully saturated rings. The number of fused-ring (bicyclic) bond motifs is 2. The number of aliphatic hydroxyl groups excluding tert-OH is 1. The molecular weight excluding hydrogens is 198 g/mol. The molecule has 4 atom stereocenters. The van der Waals surface area contributed by atoms with E-state index in [4.69, 9.17) is 0 Å². The van der Waals surface area contributed by atoms with Crippen LogP contribution in [0.4, 0.5) is 0 Å². The Morgan fingerprint density at radius 1 is 1.25 bits per heavy atom. The van der Waals surface area contributed by atoms with E-state index in [1.165, 1.54) is 12.8 Å². The third-order valence-electron chi connectivity index (χ3n) is 4.11. The molecule has 0 amide bonds. The van der Waals surface area contributed by atoms with Gasteiger partial charge in [0.2, 0.25) is 0 Å². The van der Waals surface area contributed by atoms with Crippen molar-refractivity contribution >= 4 is 0 Å². The van der Waals surface area contributed by atoms with E-state index in [1.54, 1.807) is 0 Å². The van der Waals surface area contributed by atoms with Gasteiger partial charge >= 0.3 is 0 Å². The summed E-state index contributed by atoms with van der Waals surface area (Å²) in [6.07, 6.45) is 7.35. The van der Waals surface area contributed by atoms with Crippen LogP contribution >= 0.6 is 0 Å². The zero-order valence-electron chi connectivity index (χ0n) is 10.8. The molecule has 0 heterocycles. The molecule has 0 saturated heterocycles. The first-order valence-corrected chi connectivity index (χ1v) is 6.66. The van der Waals surface area contributed by atoms with Crippen molar-refractivity contribution in [2.75, 3.05) is 13.1 Å². The summed E-state index contributed by atoms with van der Waals surface area (Å²) in [5, 5.41) is 9.52. The monoisotopic (exact) mass is 223 g/mol. The van der Waals surface area contributed by atoms with Gasteiger partial charge in [-0.3, -0.25) is 4.90 Å². The first-order valence-electron chi connectivity index (χ1n) is 6.66. The molecule has 2 rings (SSSR count). The van der Waals surface area contributed by atoms with Crippen LogP contribution in [0.25, 0.3) is 0 Å². The van der Waals surface area contributed by atoms with Gasteiger partial charge in [-0.05, 0) is 51.4 Å². The van der Waals surface area contributed by atoms with Gasteiger partial charge in [0.1, 0.15) is 0 Å². The predicted molar refractivity (Wildman–Crippen MR) is 67.2 cm³/mol. The molecule has 1 saturated carbocycles. The number of hydrogen-bond acceptors (Lipinski definition) is 2. The minimum absolute atomic E-state index is 0.212. The fourth-order valence-corrected chi connectivity index (χ4v) is 3.24. The summed E-state index contributed by atoms with van der Waals surface area (Å²) in [7, 11) is 0. The van der Waals surface area contributed by atoms with Crippen LogP contribution < -0.4 is 0 Å². The first-order chi connectivity index (χ1) is 7.56. The van der Waals surface area contributed by atoms with E-state index < -0.39 is 0 Å². The maximum absolute atomic E-state index is 9.52. The fraction of sp³-hybridized carbons (Fsp3) is 0.857. The Kier molecular flexibility index (Phi) is 3.70. The molecule has 0 spiro atoms. The Morgan fingerprint density at radius 2 is 2.00 bits per heavy atom. The van der Waals surface area contributed by atoms with E-state index in [-0.39, 0.29) is 6.10 Å². The highest BCUT2D eigenvalue weighted by Gasteiger charge is 2.36. The molecule has 16 heavy (non-hydrogen) atoms. The van der Waals surface area contributed by atoms with Crippen molar-refractivity contribution < 1.29 is 5.11 Å². The Labute approximate surface area is 99.3 Å². The van der Waals surface area contributed by atoms with Gasteiger partial charge in [-0.1, -0.05) is 12.2 Å². The van der Waals surface area contributed by atoms with Crippen molar-refractivity contribution in [3.8, 4) is 0 Å². The minimum Gasteiger partial charge on any atom is -0.392 e. The summed E-state index contributed by atoms with van der Waals surface area (Å²) in [4.78, 5) is 2.43. The number of hydrogen-bond donors (Lipinski definition) is 1. The molecule has 4 unspecified atom stereocenters. The van der Waals surface area contributed by atoms with Crippen molar-refractivity contribution in [1.82, 2.24) is 4.90 Å². The van der Waals surface area contributed by atoms with E-state index in [1.807, 2.05) is 6.92 Å². The van der Waals surface area contributed by atoms with Gasteiger partial charge in [0.15, 0.2) is 0 Å². The maximum Gasteiger partial charge on any atom is 0.0639 e. The molecular formula is C14H25NO. The van der Waals surface area contributed by atoms with Gasteiger partial charge in [-0.15, -0.1) is 0 Å². The molecule has 2 aliphatic carbocycles. The molecule has 2 nitrogen and oxygen atoms in total. The van der Waals surface area contributed by atoms with Crippen LogP contribution in [0.3, 0.4) is 0 Å². The average Bonchev–Trinajstić information content (AvgIpc) is 2.77. The third kappa shape index (κ3) is 2.67. The number of allylic oxidation sites excluding steroid dienone is 2. The number of nitrogens with zero attached hydrogens (tertiary/aromatic N) is 1. The van der Waals surface area contributed by atoms with Gasteiger partial charge in [0, 0.05) is 19.1 Å². The van der Waals surface area contributed by atoms with Crippen molar-refractivity contribution in [3.05, 3.63) is 12.2 Å². The Bertz CT molecular complexity index is 259. The van der Waals surface area contributed by atoms with Gasteiger partial charge in [-0.25, -0.2) is 0 Å². The van der Waals surface area contributed by atoms with Crippen LogP contribution in [0.2, 0.25) is 0 Å². The topological polar surface area (TPSA) is 23.5 Å². The van der Waals surface area contributed by atoms with Crippen LogP contribution in [-0.4, -0.2) is 35.2 Å². The summed E-state index contributed by atoms with van der Waals surface area (Å²) in [6, 6.07) is 0.540. The van der Waals surface area contributed by atoms with E-state index in [2.05, 4.69) is 30.9 Å². The Morgan fingerprint density at radius 3 is 2.44 bits per heavy atom. The van der Waals surface area contributed by atoms with Crippen LogP contribution in [0.5, 0.6) is 0 Å². The van der Waals surface area contributed by atoms with Crippen LogP contribution in [0, 0.1) is 17.8 Å². The molecule has 0 radical (unpaired) electrons. The lowest BCUT2D eigenvalue weighted by Crippen LogP contribution is -2.40. The second kappa shape index (κ2) is 4.89. The smallest absolute Gasteiger partial charge is 0.0639 e. The highest BCUT2D eigenvalue weighted by molar-refractivity contribution is 5.10. The normalized spacial score (nSPS) is 34.2. The molecule has 0 aromatic heterocycles. The Balaban J connectivity index is 1.88. The standard InChI is InChI=1S/C14H25NO/c1-10(2)15(8-11(3)16)9-14-7-12-4-5-13(14)6-12/h4-5,10-14,16H,6-9H2,1-3H3. The molecule has 0 aromatic carbocycles. The predicted octanol–water partition coefficient (Wildman–Crippen LogP) is 2.29. The highest BCUT2D eigenvalue weighted by atomic mass is 16.3. The molecule has 2 aliphatic rings. The van der Waals surface area contributed by atoms with E-state index >= 15 is 0 Å². The van der Waals surface area contributed by atoms with Gasteiger partial charge < -0.3 is 5.11 Å². The van der Waals surface area contributed by atoms with E-state index in [9.17, 15) is 5.11 Å². The second-order valence-electron chi connectivity index (χ2n) is 5.94. The second-order valence-corrected chi connectivity index (χ2v) is 5.94. The van der Waals surface area contributed by atoms with Crippen molar-refractivity contribution in [2.24, 2.45) is 17.8 Å². The maximum atomic E-state index is 9.52. The fourth-order valence-electron chi connectivity index (χ4n) is 3.24. The summed E-state index contributed by atoms with van der Waals surface area (Å²) >= 11 is 0. The van der Waals surface area contributed by atoms with Crippen LogP contribution in [-0.2, 0) is 0 Å². The van der Waals surface area contributed by atoms with E-state index in [0.29, 0.717) is 6.04 Å². The Hall–Kier alpha value is -0.340. The zero-order valence-corrected chi connectivity index (χ0v) is 10.8. The SMILES string of the molecule is CC(O)CN(CC1CC2C=CC1C2)C(C)C. The summed E-state index contributed by atoms with van der Waals surface area (Å²) < 4.78 is 0. The summed E-state index contributed by atoms with van der Waals surface area (Å²) in [6.45, 7) is 8.32. The van der Waals surface area contributed by atoms with Gasteiger partial charge in [0.05, 0.1) is 6.10 Å². The van der Waals surface area contributed by atoms with Gasteiger partial charge in [0.25, 0.3) is 0 Å². The first kappa shape index (κ1) is 12.1. The summed E-state index contributed by atoms with van der Waals surface area (Å²) in [5.74, 6) is 2.51. The molecule has 0 aliphatic heterocycles.